The molecule has 0 amide bonds. The molecule has 0 aromatic heterocycles. The summed E-state index contributed by atoms with van der Waals surface area (Å²) in [6.07, 6.45) is 3.56. The van der Waals surface area contributed by atoms with Crippen molar-refractivity contribution in [2.75, 3.05) is 19.6 Å². The highest BCUT2D eigenvalue weighted by molar-refractivity contribution is 6.00. The Balaban J connectivity index is 2.09. The lowest BCUT2D eigenvalue weighted by molar-refractivity contribution is 0.707. The molecule has 2 aliphatic rings. The fourth-order valence-electron chi connectivity index (χ4n) is 1.90. The normalized spacial score (nSPS) is 30.5. The van der Waals surface area contributed by atoms with Gasteiger partial charge in [0.25, 0.3) is 0 Å². The summed E-state index contributed by atoms with van der Waals surface area (Å²) in [7, 11) is 0. The van der Waals surface area contributed by atoms with Gasteiger partial charge in [0.2, 0.25) is 0 Å². The van der Waals surface area contributed by atoms with E-state index in [0.29, 0.717) is 0 Å². The van der Waals surface area contributed by atoms with Crippen LogP contribution in [-0.4, -0.2) is 25.3 Å². The van der Waals surface area contributed by atoms with Gasteiger partial charge in [-0.2, -0.15) is 0 Å². The number of hydrogen-bond acceptors (Lipinski definition) is 2. The molecular weight excluding hydrogens is 136 g/mol. The van der Waals surface area contributed by atoms with E-state index in [2.05, 4.69) is 23.3 Å². The lowest BCUT2D eigenvalue weighted by atomic mass is 9.96. The first-order valence-corrected chi connectivity index (χ1v) is 4.30. The van der Waals surface area contributed by atoms with Crippen LogP contribution in [0.4, 0.5) is 0 Å². The molecule has 0 saturated carbocycles. The maximum absolute atomic E-state index is 4.36. The summed E-state index contributed by atoms with van der Waals surface area (Å²) >= 11 is 0. The lowest BCUT2D eigenvalue weighted by Gasteiger charge is -2.09. The average molecular weight is 150 g/mol. The van der Waals surface area contributed by atoms with Gasteiger partial charge in [0, 0.05) is 12.3 Å². The van der Waals surface area contributed by atoms with Crippen molar-refractivity contribution in [2.45, 2.75) is 13.3 Å². The Morgan fingerprint density at radius 3 is 3.09 bits per heavy atom. The molecule has 60 valence electrons. The summed E-state index contributed by atoms with van der Waals surface area (Å²) in [4.78, 5) is 4.36. The van der Waals surface area contributed by atoms with Gasteiger partial charge in [-0.05, 0) is 31.4 Å². The summed E-state index contributed by atoms with van der Waals surface area (Å²) in [5, 5.41) is 3.37. The summed E-state index contributed by atoms with van der Waals surface area (Å²) in [5.74, 6) is 0.751. The molecule has 11 heavy (non-hydrogen) atoms. The lowest BCUT2D eigenvalue weighted by Crippen LogP contribution is -2.13. The molecule has 1 fully saturated rings. The van der Waals surface area contributed by atoms with Crippen molar-refractivity contribution in [3.63, 3.8) is 0 Å². The van der Waals surface area contributed by atoms with Crippen molar-refractivity contribution in [1.82, 2.24) is 5.32 Å². The van der Waals surface area contributed by atoms with Gasteiger partial charge in [0.1, 0.15) is 0 Å². The molecule has 2 heteroatoms. The highest BCUT2D eigenvalue weighted by Crippen LogP contribution is 2.22. The number of hydrogen-bond donors (Lipinski definition) is 1. The van der Waals surface area contributed by atoms with Gasteiger partial charge < -0.3 is 5.32 Å². The van der Waals surface area contributed by atoms with Crippen molar-refractivity contribution < 1.29 is 0 Å². The Hall–Kier alpha value is -0.630. The molecule has 1 saturated heterocycles. The second-order valence-electron chi connectivity index (χ2n) is 3.28. The molecule has 1 N–H and O–H groups in total. The summed E-state index contributed by atoms with van der Waals surface area (Å²) < 4.78 is 0. The van der Waals surface area contributed by atoms with Crippen LogP contribution in [0, 0.1) is 5.92 Å². The molecule has 0 aromatic carbocycles. The highest BCUT2D eigenvalue weighted by Gasteiger charge is 2.21. The molecule has 0 spiro atoms. The molecular formula is C9H14N2. The molecule has 0 bridgehead atoms. The van der Waals surface area contributed by atoms with Crippen molar-refractivity contribution in [3.8, 4) is 0 Å². The molecule has 2 heterocycles. The third-order valence-corrected chi connectivity index (χ3v) is 2.56. The van der Waals surface area contributed by atoms with Crippen LogP contribution in [0.1, 0.15) is 13.3 Å². The first kappa shape index (κ1) is 7.04. The quantitative estimate of drug-likeness (QED) is 0.592. The van der Waals surface area contributed by atoms with Crippen LogP contribution in [0.15, 0.2) is 16.6 Å². The molecule has 2 aliphatic heterocycles. The van der Waals surface area contributed by atoms with Gasteiger partial charge in [0.05, 0.1) is 6.54 Å². The van der Waals surface area contributed by atoms with Crippen LogP contribution >= 0.6 is 0 Å². The van der Waals surface area contributed by atoms with E-state index in [1.54, 1.807) is 0 Å². The molecule has 2 nitrogen and oxygen atoms in total. The second kappa shape index (κ2) is 2.78. The zero-order valence-electron chi connectivity index (χ0n) is 6.93. The Labute approximate surface area is 67.4 Å². The summed E-state index contributed by atoms with van der Waals surface area (Å²) in [6.45, 7) is 5.36. The Morgan fingerprint density at radius 1 is 1.64 bits per heavy atom. The first-order chi connectivity index (χ1) is 5.38. The third kappa shape index (κ3) is 1.23. The minimum atomic E-state index is 0.751. The number of rotatable bonds is 1. The molecule has 2 rings (SSSR count). The topological polar surface area (TPSA) is 24.4 Å². The zero-order valence-corrected chi connectivity index (χ0v) is 6.93. The predicted molar refractivity (Wildman–Crippen MR) is 47.0 cm³/mol. The van der Waals surface area contributed by atoms with E-state index in [1.165, 1.54) is 24.3 Å². The number of aliphatic imine (C=N–C) groups is 1. The minimum absolute atomic E-state index is 0.751. The number of nitrogens with zero attached hydrogens (tertiary/aromatic N) is 1. The van der Waals surface area contributed by atoms with Crippen molar-refractivity contribution in [3.05, 3.63) is 11.6 Å². The van der Waals surface area contributed by atoms with Gasteiger partial charge in [-0.3, -0.25) is 4.99 Å². The Kier molecular flexibility index (Phi) is 1.78. The summed E-state index contributed by atoms with van der Waals surface area (Å²) in [5.41, 5.74) is 2.76. The maximum atomic E-state index is 4.36. The van der Waals surface area contributed by atoms with Gasteiger partial charge in [0.15, 0.2) is 0 Å². The second-order valence-corrected chi connectivity index (χ2v) is 3.28. The van der Waals surface area contributed by atoms with Gasteiger partial charge in [-0.1, -0.05) is 6.08 Å². The van der Waals surface area contributed by atoms with E-state index in [0.717, 1.165) is 19.0 Å². The van der Waals surface area contributed by atoms with Gasteiger partial charge >= 0.3 is 0 Å². The largest absolute Gasteiger partial charge is 0.316 e. The van der Waals surface area contributed by atoms with Crippen LogP contribution in [-0.2, 0) is 0 Å². The fourth-order valence-corrected chi connectivity index (χ4v) is 1.90. The Morgan fingerprint density at radius 2 is 2.55 bits per heavy atom. The van der Waals surface area contributed by atoms with E-state index in [9.17, 15) is 0 Å². The highest BCUT2D eigenvalue weighted by atomic mass is 14.9. The van der Waals surface area contributed by atoms with E-state index >= 15 is 0 Å². The SMILES string of the molecule is CC1=NCC=C1C1CCNC1. The van der Waals surface area contributed by atoms with Crippen LogP contribution in [0.5, 0.6) is 0 Å². The van der Waals surface area contributed by atoms with Gasteiger partial charge in [-0.25, -0.2) is 0 Å². The van der Waals surface area contributed by atoms with Crippen molar-refractivity contribution >= 4 is 5.71 Å². The number of nitrogens with one attached hydrogen (secondary N) is 1. The monoisotopic (exact) mass is 150 g/mol. The van der Waals surface area contributed by atoms with Crippen LogP contribution < -0.4 is 5.32 Å². The van der Waals surface area contributed by atoms with Crippen molar-refractivity contribution in [2.24, 2.45) is 10.9 Å². The van der Waals surface area contributed by atoms with E-state index in [4.69, 9.17) is 0 Å². The first-order valence-electron chi connectivity index (χ1n) is 4.30. The molecule has 1 unspecified atom stereocenters. The zero-order chi connectivity index (χ0) is 7.68. The third-order valence-electron chi connectivity index (χ3n) is 2.56. The smallest absolute Gasteiger partial charge is 0.0579 e. The van der Waals surface area contributed by atoms with Crippen LogP contribution in [0.25, 0.3) is 0 Å². The Bertz CT molecular complexity index is 210. The molecule has 0 aliphatic carbocycles. The maximum Gasteiger partial charge on any atom is 0.0579 e. The van der Waals surface area contributed by atoms with Crippen LogP contribution in [0.3, 0.4) is 0 Å². The standard InChI is InChI=1S/C9H14N2/c1-7-9(3-5-11-7)8-2-4-10-6-8/h3,8,10H,2,4-6H2,1H3. The van der Waals surface area contributed by atoms with E-state index < -0.39 is 0 Å². The van der Waals surface area contributed by atoms with E-state index in [-0.39, 0.29) is 0 Å². The molecule has 0 radical (unpaired) electrons. The molecule has 0 aromatic rings. The van der Waals surface area contributed by atoms with E-state index in [1.807, 2.05) is 0 Å². The minimum Gasteiger partial charge on any atom is -0.316 e. The fraction of sp³-hybridized carbons (Fsp3) is 0.667. The summed E-state index contributed by atoms with van der Waals surface area (Å²) in [6, 6.07) is 0. The van der Waals surface area contributed by atoms with Crippen LogP contribution in [0.2, 0.25) is 0 Å². The predicted octanol–water partition coefficient (Wildman–Crippen LogP) is 0.997. The molecule has 1 atom stereocenters. The average Bonchev–Trinajstić information content (AvgIpc) is 2.55. The van der Waals surface area contributed by atoms with Gasteiger partial charge in [-0.15, -0.1) is 0 Å². The van der Waals surface area contributed by atoms with Crippen molar-refractivity contribution in [1.29, 1.82) is 0 Å².